The zero-order chi connectivity index (χ0) is 5.70. The van der Waals surface area contributed by atoms with Crippen molar-refractivity contribution < 1.29 is 10.3 Å². The smallest absolute Gasteiger partial charge is 0.0562 e. The first-order valence-corrected chi connectivity index (χ1v) is 2.09. The number of rotatable bonds is 2. The Kier molecular flexibility index (Phi) is 3.32. The van der Waals surface area contributed by atoms with Gasteiger partial charge in [0.25, 0.3) is 0 Å². The highest BCUT2D eigenvalue weighted by atomic mass is 16.4. The molecular formula is C4H9NO2. The van der Waals surface area contributed by atoms with Crippen molar-refractivity contribution in [2.24, 2.45) is 5.16 Å². The molecule has 0 aliphatic carbocycles. The molecule has 0 bridgehead atoms. The predicted molar refractivity (Wildman–Crippen MR) is 26.6 cm³/mol. The van der Waals surface area contributed by atoms with E-state index in [1.807, 2.05) is 0 Å². The van der Waals surface area contributed by atoms with E-state index in [9.17, 15) is 0 Å². The molecule has 0 aromatic carbocycles. The first-order valence-electron chi connectivity index (χ1n) is 2.09. The summed E-state index contributed by atoms with van der Waals surface area (Å²) in [5.41, 5.74) is 0.558. The Morgan fingerprint density at radius 1 is 1.71 bits per heavy atom. The van der Waals surface area contributed by atoms with Gasteiger partial charge in [-0.3, -0.25) is 0 Å². The Morgan fingerprint density at radius 3 is 2.43 bits per heavy atom. The third-order valence-corrected chi connectivity index (χ3v) is 0.644. The van der Waals surface area contributed by atoms with E-state index < -0.39 is 0 Å². The maximum absolute atomic E-state index is 8.18. The first-order chi connectivity index (χ1) is 3.31. The maximum atomic E-state index is 8.18. The molecule has 0 unspecified atom stereocenters. The molecule has 0 fully saturated rings. The van der Waals surface area contributed by atoms with Gasteiger partial charge < -0.3 is 10.3 Å². The average Bonchev–Trinajstić information content (AvgIpc) is 1.68. The summed E-state index contributed by atoms with van der Waals surface area (Å²) in [5.74, 6) is 0. The number of aliphatic hydroxyl groups is 1. The van der Waals surface area contributed by atoms with E-state index in [4.69, 9.17) is 10.3 Å². The Morgan fingerprint density at radius 2 is 2.29 bits per heavy atom. The summed E-state index contributed by atoms with van der Waals surface area (Å²) < 4.78 is 0. The number of nitrogens with zero attached hydrogens (tertiary/aromatic N) is 1. The van der Waals surface area contributed by atoms with Crippen molar-refractivity contribution in [1.82, 2.24) is 0 Å². The molecule has 0 aliphatic heterocycles. The van der Waals surface area contributed by atoms with Crippen molar-refractivity contribution in [2.75, 3.05) is 6.61 Å². The molecule has 0 saturated carbocycles. The van der Waals surface area contributed by atoms with Crippen molar-refractivity contribution in [3.63, 3.8) is 0 Å². The second kappa shape index (κ2) is 3.61. The van der Waals surface area contributed by atoms with Crippen LogP contribution in [-0.2, 0) is 0 Å². The predicted octanol–water partition coefficient (Wildman–Crippen LogP) is 0.219. The minimum absolute atomic E-state index is 0.0515. The van der Waals surface area contributed by atoms with Gasteiger partial charge in [-0.15, -0.1) is 0 Å². The fraction of sp³-hybridized carbons (Fsp3) is 0.750. The minimum Gasteiger partial charge on any atom is -0.411 e. The summed E-state index contributed by atoms with van der Waals surface area (Å²) in [4.78, 5) is 0. The molecule has 0 aliphatic rings. The van der Waals surface area contributed by atoms with Gasteiger partial charge in [-0.25, -0.2) is 0 Å². The monoisotopic (exact) mass is 103 g/mol. The standard InChI is InChI=1S/C4H9NO2/c1-4(5-7)2-3-6/h6-7H,2-3H2,1H3/b5-4-. The zero-order valence-electron chi connectivity index (χ0n) is 4.26. The van der Waals surface area contributed by atoms with E-state index in [1.54, 1.807) is 6.92 Å². The van der Waals surface area contributed by atoms with Gasteiger partial charge in [0.05, 0.1) is 5.71 Å². The summed E-state index contributed by atoms with van der Waals surface area (Å²) in [6.45, 7) is 1.70. The highest BCUT2D eigenvalue weighted by Crippen LogP contribution is 1.79. The molecule has 0 saturated heterocycles. The van der Waals surface area contributed by atoms with E-state index in [-0.39, 0.29) is 6.61 Å². The number of hydrogen-bond donors (Lipinski definition) is 2. The topological polar surface area (TPSA) is 52.8 Å². The quantitative estimate of drug-likeness (QED) is 0.298. The molecule has 0 amide bonds. The SMILES string of the molecule is C/C(CCO)=N/O. The summed E-state index contributed by atoms with van der Waals surface area (Å²) in [5, 5.41) is 19.0. The molecule has 0 spiro atoms. The molecule has 0 aromatic rings. The highest BCUT2D eigenvalue weighted by Gasteiger charge is 1.85. The Bertz CT molecular complexity index is 70.1. The Balaban J connectivity index is 3.17. The molecule has 42 valence electrons. The van der Waals surface area contributed by atoms with Crippen LogP contribution in [-0.4, -0.2) is 22.6 Å². The number of oxime groups is 1. The summed E-state index contributed by atoms with van der Waals surface area (Å²) >= 11 is 0. The van der Waals surface area contributed by atoms with Crippen molar-refractivity contribution in [2.45, 2.75) is 13.3 Å². The maximum Gasteiger partial charge on any atom is 0.0562 e. The van der Waals surface area contributed by atoms with E-state index in [1.165, 1.54) is 0 Å². The van der Waals surface area contributed by atoms with Crippen LogP contribution in [0.1, 0.15) is 13.3 Å². The lowest BCUT2D eigenvalue weighted by atomic mass is 10.3. The van der Waals surface area contributed by atoms with Crippen LogP contribution in [0.4, 0.5) is 0 Å². The van der Waals surface area contributed by atoms with Gasteiger partial charge in [0, 0.05) is 13.0 Å². The summed E-state index contributed by atoms with van der Waals surface area (Å²) in [7, 11) is 0. The van der Waals surface area contributed by atoms with Crippen molar-refractivity contribution in [3.05, 3.63) is 0 Å². The summed E-state index contributed by atoms with van der Waals surface area (Å²) in [6, 6.07) is 0. The molecule has 0 aromatic heterocycles. The molecule has 7 heavy (non-hydrogen) atoms. The fourth-order valence-corrected chi connectivity index (χ4v) is 0.212. The summed E-state index contributed by atoms with van der Waals surface area (Å²) in [6.07, 6.45) is 0.455. The van der Waals surface area contributed by atoms with Crippen LogP contribution in [0.15, 0.2) is 5.16 Å². The van der Waals surface area contributed by atoms with Crippen LogP contribution >= 0.6 is 0 Å². The molecule has 0 radical (unpaired) electrons. The average molecular weight is 103 g/mol. The first kappa shape index (κ1) is 6.43. The zero-order valence-corrected chi connectivity index (χ0v) is 4.26. The second-order valence-corrected chi connectivity index (χ2v) is 1.31. The van der Waals surface area contributed by atoms with Gasteiger partial charge >= 0.3 is 0 Å². The third kappa shape index (κ3) is 3.26. The Hall–Kier alpha value is -0.570. The highest BCUT2D eigenvalue weighted by molar-refractivity contribution is 5.81. The van der Waals surface area contributed by atoms with Crippen LogP contribution in [0.2, 0.25) is 0 Å². The Labute approximate surface area is 42.3 Å². The number of hydrogen-bond acceptors (Lipinski definition) is 3. The van der Waals surface area contributed by atoms with E-state index in [2.05, 4.69) is 5.16 Å². The third-order valence-electron chi connectivity index (χ3n) is 0.644. The fourth-order valence-electron chi connectivity index (χ4n) is 0.212. The van der Waals surface area contributed by atoms with Crippen molar-refractivity contribution in [1.29, 1.82) is 0 Å². The van der Waals surface area contributed by atoms with E-state index >= 15 is 0 Å². The molecule has 0 rings (SSSR count). The normalized spacial score (nSPS) is 12.0. The van der Waals surface area contributed by atoms with Gasteiger partial charge in [-0.05, 0) is 6.92 Å². The van der Waals surface area contributed by atoms with Crippen molar-refractivity contribution in [3.8, 4) is 0 Å². The number of aliphatic hydroxyl groups excluding tert-OH is 1. The van der Waals surface area contributed by atoms with Crippen LogP contribution in [0.3, 0.4) is 0 Å². The van der Waals surface area contributed by atoms with Crippen LogP contribution in [0, 0.1) is 0 Å². The van der Waals surface area contributed by atoms with Gasteiger partial charge in [0.1, 0.15) is 0 Å². The van der Waals surface area contributed by atoms with Gasteiger partial charge in [0.15, 0.2) is 0 Å². The van der Waals surface area contributed by atoms with E-state index in [0.29, 0.717) is 12.1 Å². The van der Waals surface area contributed by atoms with Crippen molar-refractivity contribution >= 4 is 5.71 Å². The van der Waals surface area contributed by atoms with Crippen LogP contribution < -0.4 is 0 Å². The van der Waals surface area contributed by atoms with E-state index in [0.717, 1.165) is 0 Å². The molecule has 2 N–H and O–H groups in total. The molecule has 3 nitrogen and oxygen atoms in total. The van der Waals surface area contributed by atoms with Crippen LogP contribution in [0.25, 0.3) is 0 Å². The molecular weight excluding hydrogens is 94.0 g/mol. The van der Waals surface area contributed by atoms with Gasteiger partial charge in [-0.1, -0.05) is 5.16 Å². The second-order valence-electron chi connectivity index (χ2n) is 1.31. The lowest BCUT2D eigenvalue weighted by Crippen LogP contribution is -1.93. The molecule has 0 atom stereocenters. The van der Waals surface area contributed by atoms with Crippen LogP contribution in [0.5, 0.6) is 0 Å². The van der Waals surface area contributed by atoms with Gasteiger partial charge in [0.2, 0.25) is 0 Å². The molecule has 3 heteroatoms. The molecule has 0 heterocycles. The minimum atomic E-state index is 0.0515. The largest absolute Gasteiger partial charge is 0.411 e. The lowest BCUT2D eigenvalue weighted by Gasteiger charge is -1.87. The lowest BCUT2D eigenvalue weighted by molar-refractivity contribution is 0.295. The van der Waals surface area contributed by atoms with Gasteiger partial charge in [-0.2, -0.15) is 0 Å².